The van der Waals surface area contributed by atoms with Gasteiger partial charge in [0.05, 0.1) is 6.61 Å². The summed E-state index contributed by atoms with van der Waals surface area (Å²) in [5.74, 6) is 0.310. The predicted octanol–water partition coefficient (Wildman–Crippen LogP) is -0.205. The van der Waals surface area contributed by atoms with Gasteiger partial charge in [0, 0.05) is 25.6 Å². The van der Waals surface area contributed by atoms with E-state index in [4.69, 9.17) is 15.3 Å². The highest BCUT2D eigenvalue weighted by molar-refractivity contribution is 5.36. The molecule has 1 atom stereocenters. The van der Waals surface area contributed by atoms with Crippen LogP contribution in [0.2, 0.25) is 0 Å². The molecule has 0 amide bonds. The van der Waals surface area contributed by atoms with Gasteiger partial charge >= 0.3 is 0 Å². The molecule has 2 heterocycles. The van der Waals surface area contributed by atoms with Gasteiger partial charge in [0.15, 0.2) is 6.35 Å². The van der Waals surface area contributed by atoms with E-state index in [2.05, 4.69) is 10.2 Å². The first kappa shape index (κ1) is 10.1. The summed E-state index contributed by atoms with van der Waals surface area (Å²) in [5.41, 5.74) is 0.208. The number of rotatable bonds is 2. The number of nitrogens with one attached hydrogen (secondary N) is 1. The lowest BCUT2D eigenvalue weighted by molar-refractivity contribution is -0.0780. The Morgan fingerprint density at radius 3 is 2.67 bits per heavy atom. The molecule has 2 aliphatic heterocycles. The van der Waals surface area contributed by atoms with E-state index >= 15 is 0 Å². The topological polar surface area (TPSA) is 72.1 Å². The SMILES string of the molecule is N#CC(C#N)=CC1CN(C2NCCO2)C1. The average Bonchev–Trinajstić information content (AvgIpc) is 2.69. The Labute approximate surface area is 88.5 Å². The molecule has 0 aliphatic carbocycles. The maximum Gasteiger partial charge on any atom is 0.166 e. The summed E-state index contributed by atoms with van der Waals surface area (Å²) in [7, 11) is 0. The first-order valence-electron chi connectivity index (χ1n) is 4.94. The molecule has 1 unspecified atom stereocenters. The van der Waals surface area contributed by atoms with Crippen LogP contribution in [0.25, 0.3) is 0 Å². The van der Waals surface area contributed by atoms with Crippen molar-refractivity contribution >= 4 is 0 Å². The fourth-order valence-electron chi connectivity index (χ4n) is 1.83. The van der Waals surface area contributed by atoms with Crippen molar-refractivity contribution in [2.75, 3.05) is 26.2 Å². The third-order valence-electron chi connectivity index (χ3n) is 2.61. The molecule has 15 heavy (non-hydrogen) atoms. The molecule has 1 N–H and O–H groups in total. The normalized spacial score (nSPS) is 26.4. The second-order valence-electron chi connectivity index (χ2n) is 3.70. The van der Waals surface area contributed by atoms with Crippen LogP contribution >= 0.6 is 0 Å². The Morgan fingerprint density at radius 1 is 1.40 bits per heavy atom. The van der Waals surface area contributed by atoms with Crippen molar-refractivity contribution in [3.05, 3.63) is 11.6 Å². The number of hydrogen-bond donors (Lipinski definition) is 1. The number of hydrogen-bond acceptors (Lipinski definition) is 5. The predicted molar refractivity (Wildman–Crippen MR) is 52.1 cm³/mol. The molecule has 2 fully saturated rings. The van der Waals surface area contributed by atoms with E-state index in [-0.39, 0.29) is 11.9 Å². The molecular weight excluding hydrogens is 192 g/mol. The smallest absolute Gasteiger partial charge is 0.166 e. The summed E-state index contributed by atoms with van der Waals surface area (Å²) >= 11 is 0. The Morgan fingerprint density at radius 2 is 2.13 bits per heavy atom. The Balaban J connectivity index is 1.81. The van der Waals surface area contributed by atoms with Crippen LogP contribution in [0.3, 0.4) is 0 Å². The zero-order chi connectivity index (χ0) is 10.7. The second-order valence-corrected chi connectivity index (χ2v) is 3.70. The minimum Gasteiger partial charge on any atom is -0.348 e. The number of likely N-dealkylation sites (tertiary alicyclic amines) is 1. The van der Waals surface area contributed by atoms with Crippen LogP contribution in [0.15, 0.2) is 11.6 Å². The molecule has 2 rings (SSSR count). The highest BCUT2D eigenvalue weighted by atomic mass is 16.5. The van der Waals surface area contributed by atoms with Gasteiger partial charge in [-0.15, -0.1) is 0 Å². The molecule has 2 saturated heterocycles. The summed E-state index contributed by atoms with van der Waals surface area (Å²) in [6.45, 7) is 3.35. The van der Waals surface area contributed by atoms with Gasteiger partial charge in [-0.2, -0.15) is 10.5 Å². The molecule has 0 radical (unpaired) electrons. The van der Waals surface area contributed by atoms with Crippen LogP contribution < -0.4 is 5.32 Å². The van der Waals surface area contributed by atoms with E-state index in [1.165, 1.54) is 0 Å². The van der Waals surface area contributed by atoms with Crippen LogP contribution in [-0.2, 0) is 4.74 Å². The van der Waals surface area contributed by atoms with E-state index in [1.807, 2.05) is 12.1 Å². The monoisotopic (exact) mass is 204 g/mol. The molecule has 5 heteroatoms. The van der Waals surface area contributed by atoms with E-state index in [0.29, 0.717) is 5.92 Å². The molecule has 0 aromatic carbocycles. The molecule has 0 aromatic heterocycles. The Kier molecular flexibility index (Phi) is 2.98. The summed E-state index contributed by atoms with van der Waals surface area (Å²) in [5, 5.41) is 20.4. The molecular formula is C10H12N4O. The lowest BCUT2D eigenvalue weighted by Crippen LogP contribution is -2.55. The summed E-state index contributed by atoms with van der Waals surface area (Å²) in [6, 6.07) is 3.74. The highest BCUT2D eigenvalue weighted by Crippen LogP contribution is 2.21. The average molecular weight is 204 g/mol. The van der Waals surface area contributed by atoms with Crippen LogP contribution in [0.4, 0.5) is 0 Å². The van der Waals surface area contributed by atoms with E-state index in [1.54, 1.807) is 6.08 Å². The zero-order valence-electron chi connectivity index (χ0n) is 8.31. The first-order chi connectivity index (χ1) is 7.33. The molecule has 0 bridgehead atoms. The molecule has 0 saturated carbocycles. The van der Waals surface area contributed by atoms with Crippen LogP contribution in [-0.4, -0.2) is 37.5 Å². The summed E-state index contributed by atoms with van der Waals surface area (Å²) in [4.78, 5) is 2.15. The van der Waals surface area contributed by atoms with Gasteiger partial charge in [-0.25, -0.2) is 0 Å². The van der Waals surface area contributed by atoms with Crippen molar-refractivity contribution in [3.63, 3.8) is 0 Å². The van der Waals surface area contributed by atoms with Crippen LogP contribution in [0.5, 0.6) is 0 Å². The van der Waals surface area contributed by atoms with E-state index in [0.717, 1.165) is 26.2 Å². The fourth-order valence-corrected chi connectivity index (χ4v) is 1.83. The maximum atomic E-state index is 8.58. The standard InChI is InChI=1S/C10H12N4O/c11-4-8(5-12)3-9-6-14(7-9)10-13-1-2-15-10/h3,9-10,13H,1-2,6-7H2. The van der Waals surface area contributed by atoms with Crippen molar-refractivity contribution in [1.82, 2.24) is 10.2 Å². The Bertz CT molecular complexity index is 323. The minimum absolute atomic E-state index is 0.0299. The second kappa shape index (κ2) is 4.41. The van der Waals surface area contributed by atoms with Gasteiger partial charge in [0.1, 0.15) is 17.7 Å². The van der Waals surface area contributed by atoms with Crippen LogP contribution in [0.1, 0.15) is 0 Å². The molecule has 0 spiro atoms. The van der Waals surface area contributed by atoms with Crippen molar-refractivity contribution < 1.29 is 4.74 Å². The largest absolute Gasteiger partial charge is 0.348 e. The van der Waals surface area contributed by atoms with Crippen molar-refractivity contribution in [2.45, 2.75) is 6.35 Å². The molecule has 78 valence electrons. The molecule has 0 aromatic rings. The van der Waals surface area contributed by atoms with E-state index < -0.39 is 0 Å². The summed E-state index contributed by atoms with van der Waals surface area (Å²) < 4.78 is 5.43. The number of nitrogens with zero attached hydrogens (tertiary/aromatic N) is 3. The van der Waals surface area contributed by atoms with Gasteiger partial charge in [-0.05, 0) is 0 Å². The van der Waals surface area contributed by atoms with Crippen molar-refractivity contribution in [3.8, 4) is 12.1 Å². The minimum atomic E-state index is 0.0299. The van der Waals surface area contributed by atoms with Crippen LogP contribution in [0, 0.1) is 28.6 Å². The number of nitriles is 2. The van der Waals surface area contributed by atoms with Gasteiger partial charge in [0.2, 0.25) is 0 Å². The van der Waals surface area contributed by atoms with Crippen molar-refractivity contribution in [1.29, 1.82) is 10.5 Å². The Hall–Kier alpha value is -1.40. The zero-order valence-corrected chi connectivity index (χ0v) is 8.31. The third kappa shape index (κ3) is 2.16. The third-order valence-corrected chi connectivity index (χ3v) is 2.61. The van der Waals surface area contributed by atoms with Gasteiger partial charge in [-0.3, -0.25) is 10.2 Å². The molecule has 2 aliphatic rings. The van der Waals surface area contributed by atoms with E-state index in [9.17, 15) is 0 Å². The lowest BCUT2D eigenvalue weighted by Gasteiger charge is -2.40. The highest BCUT2D eigenvalue weighted by Gasteiger charge is 2.33. The summed E-state index contributed by atoms with van der Waals surface area (Å²) in [6.07, 6.45) is 1.77. The number of allylic oxidation sites excluding steroid dienone is 1. The number of ether oxygens (including phenoxy) is 1. The maximum absolute atomic E-state index is 8.58. The van der Waals surface area contributed by atoms with Gasteiger partial charge in [0.25, 0.3) is 0 Å². The van der Waals surface area contributed by atoms with Gasteiger partial charge < -0.3 is 4.74 Å². The van der Waals surface area contributed by atoms with Gasteiger partial charge in [-0.1, -0.05) is 6.08 Å². The van der Waals surface area contributed by atoms with Crippen molar-refractivity contribution in [2.24, 2.45) is 5.92 Å². The fraction of sp³-hybridized carbons (Fsp3) is 0.600. The quantitative estimate of drug-likeness (QED) is 0.630. The molecule has 5 nitrogen and oxygen atoms in total. The first-order valence-corrected chi connectivity index (χ1v) is 4.94. The lowest BCUT2D eigenvalue weighted by atomic mass is 9.98.